The van der Waals surface area contributed by atoms with Crippen molar-refractivity contribution in [2.24, 2.45) is 5.92 Å². The van der Waals surface area contributed by atoms with Crippen molar-refractivity contribution in [3.8, 4) is 0 Å². The molecule has 0 spiro atoms. The van der Waals surface area contributed by atoms with Crippen molar-refractivity contribution in [1.29, 1.82) is 0 Å². The van der Waals surface area contributed by atoms with Crippen LogP contribution in [0, 0.1) is 17.6 Å². The zero-order valence-corrected chi connectivity index (χ0v) is 32.6. The van der Waals surface area contributed by atoms with Crippen molar-refractivity contribution in [2.75, 3.05) is 19.6 Å². The van der Waals surface area contributed by atoms with Crippen molar-refractivity contribution in [2.45, 2.75) is 134 Å². The summed E-state index contributed by atoms with van der Waals surface area (Å²) in [5.74, 6) is -6.24. The first-order chi connectivity index (χ1) is 26.7. The van der Waals surface area contributed by atoms with E-state index in [2.05, 4.69) is 16.0 Å². The topological polar surface area (TPSA) is 175 Å². The van der Waals surface area contributed by atoms with Gasteiger partial charge in [0.15, 0.2) is 0 Å². The Morgan fingerprint density at radius 2 is 1.52 bits per heavy atom. The third-order valence-corrected chi connectivity index (χ3v) is 11.1. The van der Waals surface area contributed by atoms with E-state index in [4.69, 9.17) is 4.74 Å². The minimum atomic E-state index is -1.58. The van der Waals surface area contributed by atoms with Gasteiger partial charge in [-0.15, -0.1) is 0 Å². The summed E-state index contributed by atoms with van der Waals surface area (Å²) in [7, 11) is 0. The second-order valence-electron chi connectivity index (χ2n) is 15.5. The van der Waals surface area contributed by atoms with Crippen LogP contribution in [-0.4, -0.2) is 118 Å². The van der Waals surface area contributed by atoms with Crippen molar-refractivity contribution in [1.82, 2.24) is 30.7 Å². The summed E-state index contributed by atoms with van der Waals surface area (Å²) in [4.78, 5) is 101. The highest BCUT2D eigenvalue weighted by Gasteiger charge is 2.47. The highest BCUT2D eigenvalue weighted by atomic mass is 19.1. The molecular formula is C40H54F2N6O8. The molecule has 0 saturated carbocycles. The summed E-state index contributed by atoms with van der Waals surface area (Å²) in [6, 6.07) is -4.21. The number of rotatable bonds is 9. The van der Waals surface area contributed by atoms with Crippen molar-refractivity contribution in [3.05, 3.63) is 47.5 Å². The molecule has 4 heterocycles. The average molecular weight is 785 g/mol. The van der Waals surface area contributed by atoms with Gasteiger partial charge < -0.3 is 35.4 Å². The molecule has 56 heavy (non-hydrogen) atoms. The van der Waals surface area contributed by atoms with Gasteiger partial charge in [-0.3, -0.25) is 28.8 Å². The Morgan fingerprint density at radius 3 is 2.20 bits per heavy atom. The summed E-state index contributed by atoms with van der Waals surface area (Å²) in [5.41, 5.74) is 0.0570. The molecule has 16 heteroatoms. The third-order valence-electron chi connectivity index (χ3n) is 11.1. The maximum absolute atomic E-state index is 14.6. The van der Waals surface area contributed by atoms with Gasteiger partial charge in [0.25, 0.3) is 0 Å². The zero-order chi connectivity index (χ0) is 40.7. The van der Waals surface area contributed by atoms with Crippen LogP contribution in [0.15, 0.2) is 30.4 Å². The third kappa shape index (κ3) is 10.1. The Balaban J connectivity index is 1.50. The maximum Gasteiger partial charge on any atom is 0.329 e. The first-order valence-electron chi connectivity index (χ1n) is 19.8. The number of allylic oxidation sites excluding steroid dienone is 1. The van der Waals surface area contributed by atoms with Gasteiger partial charge in [0.1, 0.15) is 54.0 Å². The number of carbonyl (C=O) groups is 7. The molecule has 4 aliphatic rings. The van der Waals surface area contributed by atoms with Crippen LogP contribution in [-0.2, 0) is 44.7 Å². The van der Waals surface area contributed by atoms with Crippen molar-refractivity contribution in [3.63, 3.8) is 0 Å². The zero-order valence-electron chi connectivity index (χ0n) is 32.6. The lowest BCUT2D eigenvalue weighted by Crippen LogP contribution is -2.63. The van der Waals surface area contributed by atoms with E-state index in [9.17, 15) is 42.3 Å². The molecule has 0 bridgehead atoms. The summed E-state index contributed by atoms with van der Waals surface area (Å²) in [6.45, 7) is 7.53. The fourth-order valence-corrected chi connectivity index (χ4v) is 8.08. The number of halogens is 2. The monoisotopic (exact) mass is 784 g/mol. The quantitative estimate of drug-likeness (QED) is 0.194. The number of amides is 6. The van der Waals surface area contributed by atoms with Crippen LogP contribution < -0.4 is 16.0 Å². The molecule has 0 aromatic heterocycles. The lowest BCUT2D eigenvalue weighted by molar-refractivity contribution is -0.163. The van der Waals surface area contributed by atoms with Crippen LogP contribution in [0.2, 0.25) is 0 Å². The molecule has 1 unspecified atom stereocenters. The summed E-state index contributed by atoms with van der Waals surface area (Å²) < 4.78 is 34.3. The number of piperidine rings is 1. The van der Waals surface area contributed by atoms with Gasteiger partial charge in [0.05, 0.1) is 0 Å². The van der Waals surface area contributed by atoms with E-state index in [0.717, 1.165) is 25.0 Å². The summed E-state index contributed by atoms with van der Waals surface area (Å²) in [5, 5.41) is 7.99. The van der Waals surface area contributed by atoms with Gasteiger partial charge >= 0.3 is 5.97 Å². The Labute approximate surface area is 326 Å². The largest absolute Gasteiger partial charge is 0.458 e. The number of benzene rings is 1. The summed E-state index contributed by atoms with van der Waals surface area (Å²) in [6.07, 6.45) is 5.98. The number of unbranched alkanes of at least 4 members (excludes halogenated alkanes) is 2. The smallest absolute Gasteiger partial charge is 0.329 e. The molecule has 3 N–H and O–H groups in total. The number of nitrogens with one attached hydrogen (secondary N) is 3. The van der Waals surface area contributed by atoms with E-state index in [1.165, 1.54) is 34.6 Å². The lowest BCUT2D eigenvalue weighted by Gasteiger charge is -2.41. The number of fused-ring (bicyclic) bond motifs is 3. The lowest BCUT2D eigenvalue weighted by atomic mass is 9.91. The maximum atomic E-state index is 14.6. The number of carbonyl (C=O) groups excluding carboxylic acids is 7. The Hall–Kier alpha value is -4.89. The first-order valence-corrected chi connectivity index (χ1v) is 19.8. The predicted octanol–water partition coefficient (Wildman–Crippen LogP) is 2.28. The van der Waals surface area contributed by atoms with Gasteiger partial charge in [-0.25, -0.2) is 13.6 Å². The Bertz CT molecular complexity index is 1690. The molecule has 5 rings (SSSR count). The van der Waals surface area contributed by atoms with Gasteiger partial charge in [-0.1, -0.05) is 32.8 Å². The summed E-state index contributed by atoms with van der Waals surface area (Å²) >= 11 is 0. The van der Waals surface area contributed by atoms with Crippen LogP contribution in [0.3, 0.4) is 0 Å². The predicted molar refractivity (Wildman–Crippen MR) is 199 cm³/mol. The molecule has 4 fully saturated rings. The second kappa shape index (κ2) is 18.8. The van der Waals surface area contributed by atoms with Crippen molar-refractivity contribution >= 4 is 41.4 Å². The average Bonchev–Trinajstić information content (AvgIpc) is 3.85. The minimum Gasteiger partial charge on any atom is -0.458 e. The van der Waals surface area contributed by atoms with Crippen LogP contribution in [0.5, 0.6) is 0 Å². The number of ether oxygens (including phenoxy) is 1. The standard InChI is InChI=1S/C40H54F2N6O8/c1-5-6-7-8-13-33(49)44-29(21-26-19-27(41)22-28(42)20-26)35(50)45-34-25(4)56-40(55)31-12-10-16-47(31)37(52)24(3)43-36(51)32-18-23(2)14-17-48(32)38(53)30-11-9-15-46(30)39(34)54/h8,13,19-20,22-25,29-32,34H,5-7,9-12,14-18,21H2,1-4H3,(H,43,51)(H,44,49)(H,45,50)/t23?,24-,25-,29-,30-,31-,32-,34-/m0/s1. The SMILES string of the molecule is CCCCC=CC(=O)N[C@@H](Cc1cc(F)cc(F)c1)C(=O)N[C@@H]1C(=O)N2CCC[C@H]2C(=O)N2CCC(C)C[C@H]2C(=O)N[C@@H](C)C(=O)N2CCC[C@H]2C(=O)O[C@H]1C. The molecule has 306 valence electrons. The van der Waals surface area contributed by atoms with Crippen LogP contribution in [0.1, 0.15) is 91.0 Å². The van der Waals surface area contributed by atoms with E-state index in [0.29, 0.717) is 38.2 Å². The molecule has 1 aromatic carbocycles. The van der Waals surface area contributed by atoms with E-state index < -0.39 is 95.4 Å². The van der Waals surface area contributed by atoms with Crippen LogP contribution in [0.25, 0.3) is 0 Å². The molecule has 0 aliphatic carbocycles. The molecule has 1 aromatic rings. The number of esters is 1. The molecule has 0 radical (unpaired) electrons. The van der Waals surface area contributed by atoms with E-state index in [1.54, 1.807) is 6.08 Å². The van der Waals surface area contributed by atoms with Crippen LogP contribution in [0.4, 0.5) is 8.78 Å². The number of hydrogen-bond acceptors (Lipinski definition) is 8. The fourth-order valence-electron chi connectivity index (χ4n) is 8.08. The highest BCUT2D eigenvalue weighted by Crippen LogP contribution is 2.29. The van der Waals surface area contributed by atoms with E-state index >= 15 is 0 Å². The van der Waals surface area contributed by atoms with Gasteiger partial charge in [0.2, 0.25) is 35.4 Å². The van der Waals surface area contributed by atoms with Gasteiger partial charge in [0, 0.05) is 32.1 Å². The molecule has 14 nitrogen and oxygen atoms in total. The highest BCUT2D eigenvalue weighted by molar-refractivity contribution is 5.98. The number of hydrogen-bond donors (Lipinski definition) is 3. The Kier molecular flexibility index (Phi) is 14.2. The minimum absolute atomic E-state index is 0.0570. The first kappa shape index (κ1) is 42.3. The number of nitrogens with zero attached hydrogens (tertiary/aromatic N) is 3. The molecular weight excluding hydrogens is 730 g/mol. The second-order valence-corrected chi connectivity index (χ2v) is 15.5. The Morgan fingerprint density at radius 1 is 0.875 bits per heavy atom. The van der Waals surface area contributed by atoms with Gasteiger partial charge in [-0.2, -0.15) is 0 Å². The molecule has 4 saturated heterocycles. The van der Waals surface area contributed by atoms with Crippen molar-refractivity contribution < 1.29 is 47.1 Å². The van der Waals surface area contributed by atoms with E-state index in [1.807, 2.05) is 13.8 Å². The van der Waals surface area contributed by atoms with Gasteiger partial charge in [-0.05, 0) is 88.5 Å². The molecule has 4 aliphatic heterocycles. The van der Waals surface area contributed by atoms with Crippen LogP contribution >= 0.6 is 0 Å². The molecule has 6 amide bonds. The molecule has 8 atom stereocenters. The number of cyclic esters (lactones) is 1. The van der Waals surface area contributed by atoms with E-state index in [-0.39, 0.29) is 50.4 Å². The normalized spacial score (nSPS) is 28.4. The fraction of sp³-hybridized carbons (Fsp3) is 0.625.